The van der Waals surface area contributed by atoms with Crippen molar-refractivity contribution in [1.29, 1.82) is 0 Å². The Morgan fingerprint density at radius 2 is 1.78 bits per heavy atom. The molecule has 0 radical (unpaired) electrons. The Hall–Kier alpha value is -4.94. The number of carbonyl (C=O) groups excluding carboxylic acids is 1. The van der Waals surface area contributed by atoms with Crippen molar-refractivity contribution >= 4 is 17.1 Å². The van der Waals surface area contributed by atoms with Gasteiger partial charge in [0, 0.05) is 23.5 Å². The first kappa shape index (κ1) is 22.8. The molecule has 0 saturated heterocycles. The van der Waals surface area contributed by atoms with Gasteiger partial charge in [-0.05, 0) is 30.3 Å². The van der Waals surface area contributed by atoms with Crippen LogP contribution in [0.5, 0.6) is 11.5 Å². The van der Waals surface area contributed by atoms with Crippen molar-refractivity contribution in [2.24, 2.45) is 5.73 Å². The standard InChI is InChI=1S/C23H14F4N6O3/c24-13-10-11(6-7-14(13)36-15-8-9-29-20-16(15)31-22(35)32-20)21-30-17(19(28)34)18(23(25,26)27)33(21)12-4-2-1-3-5-12/h1-10H,(H2,28,34)(H2,29,31,32,35). The van der Waals surface area contributed by atoms with Gasteiger partial charge in [0.05, 0.1) is 0 Å². The number of rotatable bonds is 5. The number of hydrogen-bond acceptors (Lipinski definition) is 5. The van der Waals surface area contributed by atoms with E-state index in [2.05, 4.69) is 19.9 Å². The van der Waals surface area contributed by atoms with E-state index in [0.717, 1.165) is 6.07 Å². The number of para-hydroxylation sites is 1. The molecule has 0 unspecified atom stereocenters. The van der Waals surface area contributed by atoms with Gasteiger partial charge in [0.25, 0.3) is 5.91 Å². The van der Waals surface area contributed by atoms with Crippen molar-refractivity contribution in [1.82, 2.24) is 24.5 Å². The number of primary amides is 1. The van der Waals surface area contributed by atoms with E-state index in [1.807, 2.05) is 0 Å². The number of nitrogens with two attached hydrogens (primary N) is 1. The Kier molecular flexibility index (Phi) is 5.31. The van der Waals surface area contributed by atoms with Crippen LogP contribution < -0.4 is 16.2 Å². The van der Waals surface area contributed by atoms with Gasteiger partial charge in [-0.3, -0.25) is 14.3 Å². The number of ether oxygens (including phenoxy) is 1. The number of fused-ring (bicyclic) bond motifs is 1. The van der Waals surface area contributed by atoms with Crippen molar-refractivity contribution in [3.63, 3.8) is 0 Å². The van der Waals surface area contributed by atoms with Gasteiger partial charge in [-0.25, -0.2) is 19.2 Å². The lowest BCUT2D eigenvalue weighted by Crippen LogP contribution is -2.21. The summed E-state index contributed by atoms with van der Waals surface area (Å²) in [5, 5.41) is 0. The van der Waals surface area contributed by atoms with E-state index in [1.165, 1.54) is 48.7 Å². The number of alkyl halides is 3. The number of pyridine rings is 1. The molecule has 9 nitrogen and oxygen atoms in total. The monoisotopic (exact) mass is 498 g/mol. The van der Waals surface area contributed by atoms with Crippen molar-refractivity contribution < 1.29 is 27.1 Å². The van der Waals surface area contributed by atoms with Crippen LogP contribution in [0.25, 0.3) is 28.2 Å². The molecule has 0 aliphatic carbocycles. The highest BCUT2D eigenvalue weighted by Gasteiger charge is 2.42. The molecule has 3 heterocycles. The largest absolute Gasteiger partial charge is 0.452 e. The van der Waals surface area contributed by atoms with Crippen molar-refractivity contribution in [2.45, 2.75) is 6.18 Å². The zero-order valence-corrected chi connectivity index (χ0v) is 17.9. The van der Waals surface area contributed by atoms with Crippen LogP contribution in [0.3, 0.4) is 0 Å². The van der Waals surface area contributed by atoms with Crippen LogP contribution in [0.1, 0.15) is 16.2 Å². The molecule has 5 aromatic rings. The summed E-state index contributed by atoms with van der Waals surface area (Å²) in [5.74, 6) is -2.87. The van der Waals surface area contributed by atoms with Crippen molar-refractivity contribution in [3.8, 4) is 28.6 Å². The third kappa shape index (κ3) is 3.96. The summed E-state index contributed by atoms with van der Waals surface area (Å²) in [6.07, 6.45) is -3.65. The van der Waals surface area contributed by atoms with Crippen LogP contribution in [0.2, 0.25) is 0 Å². The fourth-order valence-corrected chi connectivity index (χ4v) is 3.71. The van der Waals surface area contributed by atoms with E-state index in [1.54, 1.807) is 6.07 Å². The van der Waals surface area contributed by atoms with Crippen LogP contribution in [0.4, 0.5) is 17.6 Å². The normalized spacial score (nSPS) is 11.7. The average molecular weight is 498 g/mol. The van der Waals surface area contributed by atoms with Crippen LogP contribution in [0.15, 0.2) is 65.6 Å². The van der Waals surface area contributed by atoms with Gasteiger partial charge in [-0.15, -0.1) is 0 Å². The van der Waals surface area contributed by atoms with Crippen LogP contribution >= 0.6 is 0 Å². The van der Waals surface area contributed by atoms with Gasteiger partial charge < -0.3 is 15.5 Å². The Labute approximate surface area is 198 Å². The number of nitrogens with zero attached hydrogens (tertiary/aromatic N) is 3. The molecule has 2 aromatic carbocycles. The Balaban J connectivity index is 1.64. The summed E-state index contributed by atoms with van der Waals surface area (Å²) in [6.45, 7) is 0. The Morgan fingerprint density at radius 3 is 2.44 bits per heavy atom. The van der Waals surface area contributed by atoms with Crippen LogP contribution in [0, 0.1) is 5.82 Å². The van der Waals surface area contributed by atoms with Gasteiger partial charge in [-0.2, -0.15) is 13.2 Å². The summed E-state index contributed by atoms with van der Waals surface area (Å²) in [5.41, 5.74) is 2.63. The molecule has 0 bridgehead atoms. The van der Waals surface area contributed by atoms with Gasteiger partial charge >= 0.3 is 11.9 Å². The van der Waals surface area contributed by atoms with Gasteiger partial charge in [0.1, 0.15) is 11.3 Å². The number of benzene rings is 2. The smallest absolute Gasteiger partial charge is 0.434 e. The summed E-state index contributed by atoms with van der Waals surface area (Å²) >= 11 is 0. The zero-order valence-electron chi connectivity index (χ0n) is 17.9. The fraction of sp³-hybridized carbons (Fsp3) is 0.0435. The summed E-state index contributed by atoms with van der Waals surface area (Å²) in [6, 6.07) is 12.1. The molecule has 1 amide bonds. The molecular weight excluding hydrogens is 484 g/mol. The molecule has 36 heavy (non-hydrogen) atoms. The first-order valence-electron chi connectivity index (χ1n) is 10.2. The molecule has 13 heteroatoms. The summed E-state index contributed by atoms with van der Waals surface area (Å²) in [7, 11) is 0. The number of aromatic nitrogens is 5. The topological polar surface area (TPSA) is 132 Å². The number of nitrogens with one attached hydrogen (secondary N) is 2. The number of halogens is 4. The number of H-pyrrole nitrogens is 2. The second kappa shape index (κ2) is 8.37. The van der Waals surface area contributed by atoms with Gasteiger partial charge in [0.2, 0.25) is 0 Å². The third-order valence-corrected chi connectivity index (χ3v) is 5.19. The molecule has 0 saturated carbocycles. The number of hydrogen-bond donors (Lipinski definition) is 3. The molecule has 182 valence electrons. The van der Waals surface area contributed by atoms with Crippen molar-refractivity contribution in [2.75, 3.05) is 0 Å². The predicted molar refractivity (Wildman–Crippen MR) is 119 cm³/mol. The highest BCUT2D eigenvalue weighted by Crippen LogP contribution is 2.38. The minimum atomic E-state index is -4.99. The van der Waals surface area contributed by atoms with Crippen LogP contribution in [-0.2, 0) is 6.18 Å². The second-order valence-electron chi connectivity index (χ2n) is 7.52. The fourth-order valence-electron chi connectivity index (χ4n) is 3.71. The summed E-state index contributed by atoms with van der Waals surface area (Å²) < 4.78 is 63.4. The molecule has 5 rings (SSSR count). The average Bonchev–Trinajstić information content (AvgIpc) is 3.42. The molecule has 0 atom stereocenters. The first-order chi connectivity index (χ1) is 17.1. The number of imidazole rings is 2. The molecule has 4 N–H and O–H groups in total. The maximum absolute atomic E-state index is 15.1. The highest BCUT2D eigenvalue weighted by atomic mass is 19.4. The van der Waals surface area contributed by atoms with E-state index >= 15 is 4.39 Å². The highest BCUT2D eigenvalue weighted by molar-refractivity contribution is 5.93. The second-order valence-corrected chi connectivity index (χ2v) is 7.52. The lowest BCUT2D eigenvalue weighted by atomic mass is 10.2. The molecule has 3 aromatic heterocycles. The zero-order chi connectivity index (χ0) is 25.6. The predicted octanol–water partition coefficient (Wildman–Crippen LogP) is 4.15. The lowest BCUT2D eigenvalue weighted by Gasteiger charge is -2.15. The van der Waals surface area contributed by atoms with Gasteiger partial charge in [-0.1, -0.05) is 18.2 Å². The quantitative estimate of drug-likeness (QED) is 0.313. The number of carbonyl (C=O) groups is 1. The van der Waals surface area contributed by atoms with E-state index in [4.69, 9.17) is 10.5 Å². The van der Waals surface area contributed by atoms with Crippen LogP contribution in [-0.4, -0.2) is 30.4 Å². The van der Waals surface area contributed by atoms with E-state index in [-0.39, 0.29) is 39.7 Å². The Morgan fingerprint density at radius 1 is 1.03 bits per heavy atom. The van der Waals surface area contributed by atoms with Crippen molar-refractivity contribution in [3.05, 3.63) is 88.5 Å². The maximum Gasteiger partial charge on any atom is 0.434 e. The summed E-state index contributed by atoms with van der Waals surface area (Å²) in [4.78, 5) is 36.1. The van der Waals surface area contributed by atoms with E-state index in [9.17, 15) is 22.8 Å². The minimum Gasteiger partial charge on any atom is -0.452 e. The molecule has 0 fully saturated rings. The molecule has 0 spiro atoms. The molecule has 0 aliphatic heterocycles. The van der Waals surface area contributed by atoms with E-state index in [0.29, 0.717) is 4.57 Å². The first-order valence-corrected chi connectivity index (χ1v) is 10.2. The molecular formula is C23H14F4N6O3. The molecule has 0 aliphatic rings. The third-order valence-electron chi connectivity index (χ3n) is 5.19. The maximum atomic E-state index is 15.1. The Bertz CT molecular complexity index is 1670. The number of amides is 1. The minimum absolute atomic E-state index is 0.0381. The SMILES string of the molecule is NC(=O)c1nc(-c2ccc(Oc3ccnc4[nH]c(=O)[nH]c34)c(F)c2)n(-c2ccccc2)c1C(F)(F)F. The van der Waals surface area contributed by atoms with E-state index < -0.39 is 35.0 Å². The lowest BCUT2D eigenvalue weighted by molar-refractivity contribution is -0.142. The number of aromatic amines is 2. The van der Waals surface area contributed by atoms with Gasteiger partial charge in [0.15, 0.2) is 34.4 Å².